The van der Waals surface area contributed by atoms with E-state index in [-0.39, 0.29) is 5.60 Å². The molecule has 4 rings (SSSR count). The Bertz CT molecular complexity index is 217. The molecule has 4 saturated carbocycles. The summed E-state index contributed by atoms with van der Waals surface area (Å²) in [6.45, 7) is 0. The van der Waals surface area contributed by atoms with Crippen molar-refractivity contribution in [1.82, 2.24) is 3.53 Å². The highest BCUT2D eigenvalue weighted by atomic mass is 127. The van der Waals surface area contributed by atoms with E-state index in [0.29, 0.717) is 6.04 Å². The van der Waals surface area contributed by atoms with Crippen molar-refractivity contribution in [1.29, 1.82) is 0 Å². The van der Waals surface area contributed by atoms with E-state index < -0.39 is 0 Å². The second-order valence-corrected chi connectivity index (χ2v) is 5.95. The first-order valence-corrected chi connectivity index (χ1v) is 6.37. The molecule has 0 amide bonds. The fourth-order valence-corrected chi connectivity index (χ4v) is 5.18. The molecule has 4 bridgehead atoms. The van der Waals surface area contributed by atoms with E-state index in [2.05, 4.69) is 26.4 Å². The molecule has 0 saturated heterocycles. The predicted octanol–water partition coefficient (Wildman–Crippen LogP) is 1.87. The van der Waals surface area contributed by atoms with Crippen molar-refractivity contribution in [2.24, 2.45) is 17.8 Å². The molecule has 13 heavy (non-hydrogen) atoms. The van der Waals surface area contributed by atoms with Gasteiger partial charge in [0.1, 0.15) is 0 Å². The summed E-state index contributed by atoms with van der Waals surface area (Å²) in [6.07, 6.45) is 5.92. The molecule has 3 heteroatoms. The van der Waals surface area contributed by atoms with Crippen LogP contribution in [0.5, 0.6) is 0 Å². The van der Waals surface area contributed by atoms with Gasteiger partial charge in [-0.25, -0.2) is 0 Å². The van der Waals surface area contributed by atoms with Crippen LogP contribution in [0.15, 0.2) is 0 Å². The lowest BCUT2D eigenvalue weighted by Gasteiger charge is -2.57. The summed E-state index contributed by atoms with van der Waals surface area (Å²) in [5.74, 6) is 2.35. The molecule has 0 aliphatic heterocycles. The number of halogens is 1. The number of nitrogens with one attached hydrogen (secondary N) is 1. The third-order valence-corrected chi connectivity index (χ3v) is 5.09. The van der Waals surface area contributed by atoms with Gasteiger partial charge in [-0.3, -0.25) is 3.53 Å². The zero-order chi connectivity index (χ0) is 9.05. The molecule has 0 spiro atoms. The van der Waals surface area contributed by atoms with Crippen LogP contribution in [0.3, 0.4) is 0 Å². The van der Waals surface area contributed by atoms with Crippen LogP contribution < -0.4 is 3.53 Å². The van der Waals surface area contributed by atoms with Crippen molar-refractivity contribution in [2.75, 3.05) is 0 Å². The van der Waals surface area contributed by atoms with Gasteiger partial charge in [-0.2, -0.15) is 0 Å². The predicted molar refractivity (Wildman–Crippen MR) is 59.4 cm³/mol. The first-order valence-electron chi connectivity index (χ1n) is 5.29. The summed E-state index contributed by atoms with van der Waals surface area (Å²) < 4.78 is 3.42. The van der Waals surface area contributed by atoms with Crippen LogP contribution in [0.25, 0.3) is 0 Å². The maximum Gasteiger partial charge on any atom is 0.0657 e. The topological polar surface area (TPSA) is 32.3 Å². The second-order valence-electron chi connectivity index (χ2n) is 5.33. The van der Waals surface area contributed by atoms with Crippen molar-refractivity contribution < 1.29 is 5.11 Å². The Morgan fingerprint density at radius 1 is 1.15 bits per heavy atom. The maximum absolute atomic E-state index is 10.3. The van der Waals surface area contributed by atoms with E-state index in [9.17, 15) is 5.11 Å². The lowest BCUT2D eigenvalue weighted by atomic mass is 9.52. The third-order valence-electron chi connectivity index (χ3n) is 4.37. The van der Waals surface area contributed by atoms with E-state index in [1.54, 1.807) is 0 Å². The number of rotatable bonds is 1. The van der Waals surface area contributed by atoms with Gasteiger partial charge < -0.3 is 5.11 Å². The van der Waals surface area contributed by atoms with E-state index >= 15 is 0 Å². The van der Waals surface area contributed by atoms with Gasteiger partial charge >= 0.3 is 0 Å². The van der Waals surface area contributed by atoms with Gasteiger partial charge in [-0.1, -0.05) is 0 Å². The minimum atomic E-state index is -0.263. The molecule has 4 aliphatic rings. The molecule has 2 N–H and O–H groups in total. The normalized spacial score (nSPS) is 58.6. The van der Waals surface area contributed by atoms with Crippen molar-refractivity contribution in [3.05, 3.63) is 0 Å². The van der Waals surface area contributed by atoms with Gasteiger partial charge in [0, 0.05) is 28.9 Å². The minimum absolute atomic E-state index is 0.263. The summed E-state index contributed by atoms with van der Waals surface area (Å²) in [6, 6.07) is 0.692. The van der Waals surface area contributed by atoms with E-state index in [1.165, 1.54) is 12.8 Å². The average Bonchev–Trinajstić information content (AvgIpc) is 2.00. The number of hydrogen-bond acceptors (Lipinski definition) is 2. The largest absolute Gasteiger partial charge is 0.390 e. The van der Waals surface area contributed by atoms with Crippen molar-refractivity contribution >= 4 is 22.9 Å². The SMILES string of the molecule is OC12CC3CC(C1)C(NI)C(C3)C2. The molecule has 0 aromatic carbocycles. The smallest absolute Gasteiger partial charge is 0.0657 e. The minimum Gasteiger partial charge on any atom is -0.390 e. The molecule has 74 valence electrons. The molecule has 0 radical (unpaired) electrons. The van der Waals surface area contributed by atoms with Crippen molar-refractivity contribution in [3.63, 3.8) is 0 Å². The summed E-state index contributed by atoms with van der Waals surface area (Å²) in [7, 11) is 0. The highest BCUT2D eigenvalue weighted by molar-refractivity contribution is 14.1. The van der Waals surface area contributed by atoms with Gasteiger partial charge in [0.25, 0.3) is 0 Å². The van der Waals surface area contributed by atoms with E-state index in [0.717, 1.165) is 37.0 Å². The summed E-state index contributed by atoms with van der Waals surface area (Å²) in [5.41, 5.74) is -0.263. The third kappa shape index (κ3) is 1.27. The molecule has 2 nitrogen and oxygen atoms in total. The van der Waals surface area contributed by atoms with Gasteiger partial charge in [-0.15, -0.1) is 0 Å². The molecule has 2 unspecified atom stereocenters. The lowest BCUT2D eigenvalue weighted by Crippen LogP contribution is -2.59. The molecule has 2 atom stereocenters. The molecule has 0 aromatic rings. The van der Waals surface area contributed by atoms with Crippen molar-refractivity contribution in [3.8, 4) is 0 Å². The summed E-state index contributed by atoms with van der Waals surface area (Å²) >= 11 is 2.29. The first kappa shape index (κ1) is 8.92. The Kier molecular flexibility index (Phi) is 1.94. The Balaban J connectivity index is 1.90. The summed E-state index contributed by atoms with van der Waals surface area (Å²) in [4.78, 5) is 0. The van der Waals surface area contributed by atoms with Crippen LogP contribution in [-0.4, -0.2) is 16.7 Å². The van der Waals surface area contributed by atoms with Crippen LogP contribution in [-0.2, 0) is 0 Å². The molecular formula is C10H16INO. The van der Waals surface area contributed by atoms with E-state index in [4.69, 9.17) is 0 Å². The fourth-order valence-electron chi connectivity index (χ4n) is 4.16. The van der Waals surface area contributed by atoms with Gasteiger partial charge in [0.05, 0.1) is 5.60 Å². The van der Waals surface area contributed by atoms with E-state index in [1.807, 2.05) is 0 Å². The van der Waals surface area contributed by atoms with Crippen LogP contribution in [0.4, 0.5) is 0 Å². The monoisotopic (exact) mass is 293 g/mol. The fraction of sp³-hybridized carbons (Fsp3) is 1.00. The Morgan fingerprint density at radius 3 is 2.23 bits per heavy atom. The molecular weight excluding hydrogens is 277 g/mol. The Hall–Kier alpha value is 0.650. The molecule has 0 heterocycles. The van der Waals surface area contributed by atoms with Crippen LogP contribution in [0.2, 0.25) is 0 Å². The summed E-state index contributed by atoms with van der Waals surface area (Å²) in [5, 5.41) is 10.3. The highest BCUT2D eigenvalue weighted by Crippen LogP contribution is 2.55. The number of hydrogen-bond donors (Lipinski definition) is 2. The van der Waals surface area contributed by atoms with Gasteiger partial charge in [0.2, 0.25) is 0 Å². The highest BCUT2D eigenvalue weighted by Gasteiger charge is 2.54. The van der Waals surface area contributed by atoms with Gasteiger partial charge in [0.15, 0.2) is 0 Å². The first-order chi connectivity index (χ1) is 6.20. The zero-order valence-electron chi connectivity index (χ0n) is 7.67. The Labute approximate surface area is 93.0 Å². The molecule has 4 fully saturated rings. The Morgan fingerprint density at radius 2 is 1.77 bits per heavy atom. The molecule has 0 aromatic heterocycles. The number of aliphatic hydroxyl groups is 1. The average molecular weight is 293 g/mol. The maximum atomic E-state index is 10.3. The van der Waals surface area contributed by atoms with Gasteiger partial charge in [-0.05, 0) is 49.9 Å². The van der Waals surface area contributed by atoms with Crippen LogP contribution in [0.1, 0.15) is 32.1 Å². The quantitative estimate of drug-likeness (QED) is 0.571. The van der Waals surface area contributed by atoms with Crippen LogP contribution >= 0.6 is 22.9 Å². The standard InChI is InChI=1S/C10H16INO/c11-12-9-7-1-6-2-8(9)5-10(13,3-6)4-7/h6-9,12-13H,1-5H2. The van der Waals surface area contributed by atoms with Crippen molar-refractivity contribution in [2.45, 2.75) is 43.7 Å². The second kappa shape index (κ2) is 2.83. The van der Waals surface area contributed by atoms with Crippen LogP contribution in [0, 0.1) is 17.8 Å². The molecule has 4 aliphatic carbocycles. The zero-order valence-corrected chi connectivity index (χ0v) is 9.83. The lowest BCUT2D eigenvalue weighted by molar-refractivity contribution is -0.134.